The van der Waals surface area contributed by atoms with E-state index >= 15 is 0 Å². The Morgan fingerprint density at radius 2 is 1.64 bits per heavy atom. The summed E-state index contributed by atoms with van der Waals surface area (Å²) >= 11 is 0. The second-order valence-corrected chi connectivity index (χ2v) is 8.09. The van der Waals surface area contributed by atoms with Gasteiger partial charge >= 0.3 is 5.97 Å². The van der Waals surface area contributed by atoms with Crippen LogP contribution >= 0.6 is 0 Å². The molecule has 1 aromatic rings. The molecule has 1 aliphatic heterocycles. The van der Waals surface area contributed by atoms with Crippen molar-refractivity contribution in [3.8, 4) is 0 Å². The highest BCUT2D eigenvalue weighted by atomic mass is 16.6. The molecule has 4 heteroatoms. The van der Waals surface area contributed by atoms with E-state index in [9.17, 15) is 9.90 Å². The zero-order chi connectivity index (χ0) is 17.3. The number of hydrogen-bond acceptors (Lipinski definition) is 4. The third kappa shape index (κ3) is 3.11. The minimum absolute atomic E-state index is 0.0380. The molecule has 0 spiro atoms. The highest BCUT2D eigenvalue weighted by molar-refractivity contribution is 5.82. The molecule has 2 bridgehead atoms. The van der Waals surface area contributed by atoms with Crippen LogP contribution in [0.3, 0.4) is 0 Å². The van der Waals surface area contributed by atoms with Crippen LogP contribution in [0, 0.1) is 17.8 Å². The summed E-state index contributed by atoms with van der Waals surface area (Å²) in [6.07, 6.45) is 7.32. The number of carbonyl (C=O) groups is 1. The predicted molar refractivity (Wildman–Crippen MR) is 95.9 cm³/mol. The lowest BCUT2D eigenvalue weighted by Gasteiger charge is -2.43. The smallest absolute Gasteiger partial charge is 0.343 e. The molecule has 4 rings (SSSR count). The van der Waals surface area contributed by atoms with Crippen LogP contribution in [0.25, 0.3) is 0 Å². The zero-order valence-electron chi connectivity index (χ0n) is 14.8. The molecule has 3 fully saturated rings. The van der Waals surface area contributed by atoms with Crippen molar-refractivity contribution in [2.75, 3.05) is 13.1 Å². The Morgan fingerprint density at radius 3 is 2.28 bits per heavy atom. The Bertz CT molecular complexity index is 576. The first kappa shape index (κ1) is 17.0. The van der Waals surface area contributed by atoms with Gasteiger partial charge in [0.15, 0.2) is 5.60 Å². The minimum Gasteiger partial charge on any atom is -0.459 e. The zero-order valence-corrected chi connectivity index (χ0v) is 14.8. The van der Waals surface area contributed by atoms with Crippen molar-refractivity contribution in [1.82, 2.24) is 5.32 Å². The average Bonchev–Trinajstić information content (AvgIpc) is 3.16. The number of benzene rings is 1. The fourth-order valence-electron chi connectivity index (χ4n) is 5.21. The van der Waals surface area contributed by atoms with Crippen LogP contribution in [0.2, 0.25) is 0 Å². The molecule has 1 saturated heterocycles. The van der Waals surface area contributed by atoms with Crippen molar-refractivity contribution in [2.45, 2.75) is 56.7 Å². The van der Waals surface area contributed by atoms with Gasteiger partial charge < -0.3 is 15.2 Å². The van der Waals surface area contributed by atoms with E-state index in [1.54, 1.807) is 0 Å². The van der Waals surface area contributed by atoms with Gasteiger partial charge in [-0.05, 0) is 31.2 Å². The van der Waals surface area contributed by atoms with Crippen LogP contribution in [-0.4, -0.2) is 30.3 Å². The lowest BCUT2D eigenvalue weighted by molar-refractivity contribution is -0.188. The van der Waals surface area contributed by atoms with E-state index in [0.717, 1.165) is 51.6 Å². The Balaban J connectivity index is 1.60. The van der Waals surface area contributed by atoms with Gasteiger partial charge in [-0.25, -0.2) is 4.79 Å². The molecule has 4 nitrogen and oxygen atoms in total. The molecule has 2 aliphatic carbocycles. The van der Waals surface area contributed by atoms with Crippen LogP contribution in [0.5, 0.6) is 0 Å². The fourth-order valence-corrected chi connectivity index (χ4v) is 5.21. The van der Waals surface area contributed by atoms with Gasteiger partial charge in [0.2, 0.25) is 0 Å². The van der Waals surface area contributed by atoms with E-state index in [-0.39, 0.29) is 12.0 Å². The number of fused-ring (bicyclic) bond motifs is 2. The van der Waals surface area contributed by atoms with Gasteiger partial charge in [-0.2, -0.15) is 0 Å². The first-order valence-electron chi connectivity index (χ1n) is 9.89. The number of esters is 1. The van der Waals surface area contributed by atoms with E-state index in [1.807, 2.05) is 30.3 Å². The summed E-state index contributed by atoms with van der Waals surface area (Å²) in [6.45, 7) is 1.84. The second kappa shape index (κ2) is 7.08. The number of carbonyl (C=O) groups excluding carboxylic acids is 1. The second-order valence-electron chi connectivity index (χ2n) is 8.09. The fraction of sp³-hybridized carbons (Fsp3) is 0.667. The Hall–Kier alpha value is -1.39. The van der Waals surface area contributed by atoms with Crippen LogP contribution in [0.15, 0.2) is 30.3 Å². The van der Waals surface area contributed by atoms with Crippen molar-refractivity contribution in [1.29, 1.82) is 0 Å². The summed E-state index contributed by atoms with van der Waals surface area (Å²) < 4.78 is 6.06. The Kier molecular flexibility index (Phi) is 4.83. The molecule has 25 heavy (non-hydrogen) atoms. The molecule has 0 amide bonds. The molecule has 0 radical (unpaired) electrons. The molecule has 136 valence electrons. The van der Waals surface area contributed by atoms with E-state index in [4.69, 9.17) is 4.74 Å². The van der Waals surface area contributed by atoms with E-state index in [1.165, 1.54) is 6.42 Å². The summed E-state index contributed by atoms with van der Waals surface area (Å²) in [4.78, 5) is 13.3. The van der Waals surface area contributed by atoms with Crippen LogP contribution in [0.4, 0.5) is 0 Å². The van der Waals surface area contributed by atoms with Crippen LogP contribution in [-0.2, 0) is 15.1 Å². The molecular weight excluding hydrogens is 314 g/mol. The summed E-state index contributed by atoms with van der Waals surface area (Å²) in [7, 11) is 0. The van der Waals surface area contributed by atoms with Crippen molar-refractivity contribution >= 4 is 5.97 Å². The van der Waals surface area contributed by atoms with Gasteiger partial charge in [0, 0.05) is 30.8 Å². The van der Waals surface area contributed by atoms with E-state index in [2.05, 4.69) is 5.32 Å². The quantitative estimate of drug-likeness (QED) is 0.825. The largest absolute Gasteiger partial charge is 0.459 e. The first-order chi connectivity index (χ1) is 12.2. The lowest BCUT2D eigenvalue weighted by atomic mass is 9.75. The number of hydrogen-bond donors (Lipinski definition) is 2. The number of ether oxygens (including phenoxy) is 1. The molecule has 3 aliphatic rings. The van der Waals surface area contributed by atoms with Gasteiger partial charge in [-0.3, -0.25) is 0 Å². The number of nitrogens with one attached hydrogen (secondary N) is 1. The first-order valence-corrected chi connectivity index (χ1v) is 9.89. The van der Waals surface area contributed by atoms with Crippen molar-refractivity contribution in [3.63, 3.8) is 0 Å². The van der Waals surface area contributed by atoms with Crippen molar-refractivity contribution in [2.24, 2.45) is 17.8 Å². The summed E-state index contributed by atoms with van der Waals surface area (Å²) in [6, 6.07) is 9.43. The summed E-state index contributed by atoms with van der Waals surface area (Å²) in [5.41, 5.74) is -0.817. The SMILES string of the molecule is O=C(OC1C2CCCC1CNC2)C(O)(c1ccccc1)C1CCCC1. The maximum absolute atomic E-state index is 13.3. The third-order valence-corrected chi connectivity index (χ3v) is 6.61. The topological polar surface area (TPSA) is 58.6 Å². The van der Waals surface area contributed by atoms with Gasteiger partial charge in [-0.15, -0.1) is 0 Å². The van der Waals surface area contributed by atoms with E-state index < -0.39 is 11.6 Å². The minimum atomic E-state index is -1.50. The normalized spacial score (nSPS) is 32.1. The Morgan fingerprint density at radius 1 is 1.00 bits per heavy atom. The van der Waals surface area contributed by atoms with Crippen LogP contribution in [0.1, 0.15) is 50.5 Å². The maximum Gasteiger partial charge on any atom is 0.343 e. The lowest BCUT2D eigenvalue weighted by Crippen LogP contribution is -2.54. The monoisotopic (exact) mass is 343 g/mol. The molecule has 1 heterocycles. The summed E-state index contributed by atoms with van der Waals surface area (Å²) in [5.74, 6) is 0.318. The van der Waals surface area contributed by atoms with Crippen LogP contribution < -0.4 is 5.32 Å². The van der Waals surface area contributed by atoms with Gasteiger partial charge in [-0.1, -0.05) is 49.6 Å². The van der Waals surface area contributed by atoms with Crippen molar-refractivity contribution in [3.05, 3.63) is 35.9 Å². The molecule has 2 saturated carbocycles. The summed E-state index contributed by atoms with van der Waals surface area (Å²) in [5, 5.41) is 15.0. The predicted octanol–water partition coefficient (Wildman–Crippen LogP) is 3.00. The van der Waals surface area contributed by atoms with Gasteiger partial charge in [0.05, 0.1) is 0 Å². The van der Waals surface area contributed by atoms with Crippen molar-refractivity contribution < 1.29 is 14.6 Å². The number of rotatable bonds is 4. The van der Waals surface area contributed by atoms with Gasteiger partial charge in [0.25, 0.3) is 0 Å². The molecule has 2 N–H and O–H groups in total. The third-order valence-electron chi connectivity index (χ3n) is 6.61. The maximum atomic E-state index is 13.3. The highest BCUT2D eigenvalue weighted by Gasteiger charge is 2.50. The number of piperidine rings is 1. The average molecular weight is 343 g/mol. The Labute approximate surface area is 150 Å². The molecule has 0 aromatic heterocycles. The molecule has 3 atom stereocenters. The van der Waals surface area contributed by atoms with E-state index in [0.29, 0.717) is 17.4 Å². The number of aliphatic hydroxyl groups is 1. The highest BCUT2D eigenvalue weighted by Crippen LogP contribution is 2.43. The van der Waals surface area contributed by atoms with Gasteiger partial charge in [0.1, 0.15) is 6.10 Å². The molecule has 1 aromatic carbocycles. The molecule has 3 unspecified atom stereocenters. The standard InChI is InChI=1S/C21H29NO3/c23-20(25-19-15-7-6-8-16(19)14-22-13-15)21(24,18-11-4-5-12-18)17-9-2-1-3-10-17/h1-3,9-10,15-16,18-19,22,24H,4-8,11-14H2. The molecular formula is C21H29NO3.